The summed E-state index contributed by atoms with van der Waals surface area (Å²) in [6.07, 6.45) is 7.17. The molecule has 1 saturated carbocycles. The first-order valence-corrected chi connectivity index (χ1v) is 9.39. The Balaban J connectivity index is 1.42. The van der Waals surface area contributed by atoms with Crippen LogP contribution in [0.2, 0.25) is 0 Å². The number of carbonyl (C=O) groups excluding carboxylic acids is 1. The van der Waals surface area contributed by atoms with Crippen molar-refractivity contribution in [3.63, 3.8) is 0 Å². The highest BCUT2D eigenvalue weighted by molar-refractivity contribution is 6.05. The minimum absolute atomic E-state index is 0.0371. The van der Waals surface area contributed by atoms with Crippen LogP contribution >= 0.6 is 0 Å². The summed E-state index contributed by atoms with van der Waals surface area (Å²) in [5.41, 5.74) is 1.77. The predicted molar refractivity (Wildman–Crippen MR) is 100 cm³/mol. The summed E-state index contributed by atoms with van der Waals surface area (Å²) in [4.78, 5) is 24.1. The Bertz CT molecular complexity index is 983. The van der Waals surface area contributed by atoms with Crippen LogP contribution in [0.4, 0.5) is 0 Å². The fourth-order valence-corrected chi connectivity index (χ4v) is 4.16. The van der Waals surface area contributed by atoms with Crippen LogP contribution in [0.3, 0.4) is 0 Å². The van der Waals surface area contributed by atoms with Crippen molar-refractivity contribution in [2.45, 2.75) is 38.1 Å². The molecule has 5 nitrogen and oxygen atoms in total. The van der Waals surface area contributed by atoms with Gasteiger partial charge in [-0.3, -0.25) is 9.78 Å². The highest BCUT2D eigenvalue weighted by Gasteiger charge is 2.35. The number of likely N-dealkylation sites (tertiary alicyclic amines) is 1. The lowest BCUT2D eigenvalue weighted by Gasteiger charge is -2.20. The molecule has 132 valence electrons. The average molecular weight is 346 g/mol. The molecule has 1 atom stereocenters. The number of hydrogen-bond donors (Lipinski definition) is 0. The molecule has 0 bridgehead atoms. The van der Waals surface area contributed by atoms with E-state index in [0.29, 0.717) is 17.7 Å². The second kappa shape index (κ2) is 5.94. The van der Waals surface area contributed by atoms with E-state index in [1.165, 1.54) is 24.4 Å². The number of imidazole rings is 1. The third-order valence-electron chi connectivity index (χ3n) is 5.64. The summed E-state index contributed by atoms with van der Waals surface area (Å²) in [5.74, 6) is 1.87. The number of rotatable bonds is 3. The molecule has 1 saturated heterocycles. The van der Waals surface area contributed by atoms with Crippen molar-refractivity contribution >= 4 is 16.7 Å². The molecule has 3 aromatic rings. The number of fused-ring (bicyclic) bond motifs is 1. The largest absolute Gasteiger partial charge is 0.335 e. The zero-order valence-corrected chi connectivity index (χ0v) is 14.9. The zero-order chi connectivity index (χ0) is 17.7. The van der Waals surface area contributed by atoms with E-state index in [-0.39, 0.29) is 5.91 Å². The topological polar surface area (TPSA) is 51.0 Å². The number of benzene rings is 1. The molecule has 0 unspecified atom stereocenters. The average Bonchev–Trinajstić information content (AvgIpc) is 3.27. The molecule has 2 aliphatic rings. The maximum atomic E-state index is 13.1. The molecule has 2 aromatic heterocycles. The Labute approximate surface area is 152 Å². The molecule has 5 heteroatoms. The van der Waals surface area contributed by atoms with Gasteiger partial charge >= 0.3 is 0 Å². The molecule has 1 aromatic carbocycles. The van der Waals surface area contributed by atoms with Gasteiger partial charge in [0.2, 0.25) is 0 Å². The van der Waals surface area contributed by atoms with Crippen molar-refractivity contribution in [2.75, 3.05) is 13.1 Å². The normalized spacial score (nSPS) is 20.0. The van der Waals surface area contributed by atoms with Gasteiger partial charge in [0, 0.05) is 42.5 Å². The van der Waals surface area contributed by atoms with E-state index < -0.39 is 0 Å². The van der Waals surface area contributed by atoms with E-state index in [4.69, 9.17) is 0 Å². The van der Waals surface area contributed by atoms with Gasteiger partial charge in [-0.15, -0.1) is 0 Å². The van der Waals surface area contributed by atoms with Crippen LogP contribution in [-0.2, 0) is 0 Å². The number of aromatic nitrogens is 3. The number of carbonyl (C=O) groups is 1. The predicted octanol–water partition coefficient (Wildman–Crippen LogP) is 3.70. The summed E-state index contributed by atoms with van der Waals surface area (Å²) >= 11 is 0. The minimum Gasteiger partial charge on any atom is -0.335 e. The fourth-order valence-electron chi connectivity index (χ4n) is 4.16. The first-order chi connectivity index (χ1) is 12.7. The molecule has 5 rings (SSSR count). The standard InChI is InChI=1S/C21H22N4O/c1-14-12-23-20(16-6-7-16)25(14)17-9-11-24(13-17)21(26)19-18-5-3-2-4-15(18)8-10-22-19/h2-5,8,10,12,16-17H,6-7,9,11,13H2,1H3/t17-/m0/s1. The fraction of sp³-hybridized carbons (Fsp3) is 0.381. The van der Waals surface area contributed by atoms with Crippen molar-refractivity contribution in [3.8, 4) is 0 Å². The number of nitrogens with zero attached hydrogens (tertiary/aromatic N) is 4. The van der Waals surface area contributed by atoms with Crippen molar-refractivity contribution < 1.29 is 4.79 Å². The van der Waals surface area contributed by atoms with Gasteiger partial charge in [0.15, 0.2) is 0 Å². The van der Waals surface area contributed by atoms with Crippen molar-refractivity contribution in [1.29, 1.82) is 0 Å². The lowest BCUT2D eigenvalue weighted by atomic mass is 10.1. The maximum absolute atomic E-state index is 13.1. The number of hydrogen-bond acceptors (Lipinski definition) is 3. The van der Waals surface area contributed by atoms with E-state index in [0.717, 1.165) is 30.3 Å². The first-order valence-electron chi connectivity index (χ1n) is 9.39. The third-order valence-corrected chi connectivity index (χ3v) is 5.64. The molecule has 0 N–H and O–H groups in total. The zero-order valence-electron chi connectivity index (χ0n) is 14.9. The molecule has 1 aliphatic heterocycles. The van der Waals surface area contributed by atoms with Crippen molar-refractivity contribution in [1.82, 2.24) is 19.4 Å². The molecule has 26 heavy (non-hydrogen) atoms. The maximum Gasteiger partial charge on any atom is 0.273 e. The Kier molecular flexibility index (Phi) is 3.55. The van der Waals surface area contributed by atoms with Gasteiger partial charge in [-0.25, -0.2) is 4.98 Å². The van der Waals surface area contributed by atoms with Gasteiger partial charge in [0.05, 0.1) is 6.04 Å². The summed E-state index contributed by atoms with van der Waals surface area (Å²) < 4.78 is 2.38. The van der Waals surface area contributed by atoms with Gasteiger partial charge < -0.3 is 9.47 Å². The number of amides is 1. The van der Waals surface area contributed by atoms with Gasteiger partial charge in [-0.1, -0.05) is 24.3 Å². The Morgan fingerprint density at radius 1 is 1.12 bits per heavy atom. The second-order valence-electron chi connectivity index (χ2n) is 7.48. The molecular weight excluding hydrogens is 324 g/mol. The number of aryl methyl sites for hydroxylation is 1. The smallest absolute Gasteiger partial charge is 0.273 e. The van der Waals surface area contributed by atoms with E-state index in [9.17, 15) is 4.79 Å². The summed E-state index contributed by atoms with van der Waals surface area (Å²) in [6, 6.07) is 10.2. The third kappa shape index (κ3) is 2.50. The summed E-state index contributed by atoms with van der Waals surface area (Å²) in [5, 5.41) is 1.99. The van der Waals surface area contributed by atoms with Crippen molar-refractivity contribution in [2.24, 2.45) is 0 Å². The van der Waals surface area contributed by atoms with Crippen LogP contribution in [0, 0.1) is 6.92 Å². The van der Waals surface area contributed by atoms with E-state index in [1.54, 1.807) is 6.20 Å². The number of pyridine rings is 1. The van der Waals surface area contributed by atoms with Crippen LogP contribution in [0.25, 0.3) is 10.8 Å². The molecule has 1 aliphatic carbocycles. The van der Waals surface area contributed by atoms with Crippen LogP contribution in [0.1, 0.15) is 53.2 Å². The molecule has 0 radical (unpaired) electrons. The van der Waals surface area contributed by atoms with Crippen LogP contribution in [0.5, 0.6) is 0 Å². The molecule has 2 fully saturated rings. The van der Waals surface area contributed by atoms with Gasteiger partial charge in [0.25, 0.3) is 5.91 Å². The molecule has 0 spiro atoms. The van der Waals surface area contributed by atoms with Gasteiger partial charge in [-0.2, -0.15) is 0 Å². The van der Waals surface area contributed by atoms with Crippen molar-refractivity contribution in [3.05, 3.63) is 59.9 Å². The monoisotopic (exact) mass is 346 g/mol. The highest BCUT2D eigenvalue weighted by atomic mass is 16.2. The summed E-state index contributed by atoms with van der Waals surface area (Å²) in [6.45, 7) is 3.63. The SMILES string of the molecule is Cc1cnc(C2CC2)n1[C@H]1CCN(C(=O)c2nccc3ccccc23)C1. The van der Waals surface area contributed by atoms with Gasteiger partial charge in [-0.05, 0) is 37.6 Å². The second-order valence-corrected chi connectivity index (χ2v) is 7.48. The Morgan fingerprint density at radius 3 is 2.81 bits per heavy atom. The highest BCUT2D eigenvalue weighted by Crippen LogP contribution is 2.41. The first kappa shape index (κ1) is 15.6. The van der Waals surface area contributed by atoms with Crippen LogP contribution in [0.15, 0.2) is 42.7 Å². The van der Waals surface area contributed by atoms with E-state index in [2.05, 4.69) is 21.5 Å². The van der Waals surface area contributed by atoms with E-state index in [1.807, 2.05) is 41.4 Å². The summed E-state index contributed by atoms with van der Waals surface area (Å²) in [7, 11) is 0. The molecule has 3 heterocycles. The Hall–Kier alpha value is -2.69. The molecular formula is C21H22N4O. The Morgan fingerprint density at radius 2 is 1.96 bits per heavy atom. The lowest BCUT2D eigenvalue weighted by Crippen LogP contribution is -2.30. The van der Waals surface area contributed by atoms with Gasteiger partial charge in [0.1, 0.15) is 11.5 Å². The van der Waals surface area contributed by atoms with Crippen LogP contribution < -0.4 is 0 Å². The lowest BCUT2D eigenvalue weighted by molar-refractivity contribution is 0.0784. The van der Waals surface area contributed by atoms with Crippen LogP contribution in [-0.4, -0.2) is 38.4 Å². The molecule has 1 amide bonds. The quantitative estimate of drug-likeness (QED) is 0.726. The minimum atomic E-state index is 0.0371. The van der Waals surface area contributed by atoms with E-state index >= 15 is 0 Å².